The molecule has 0 aliphatic rings. The Hall–Kier alpha value is -2.83. The number of aryl methyl sites for hydroxylation is 1. The molecule has 2 N–H and O–H groups in total. The summed E-state index contributed by atoms with van der Waals surface area (Å²) >= 11 is 0. The minimum Gasteiger partial charge on any atom is -0.478 e. The van der Waals surface area contributed by atoms with Gasteiger partial charge in [-0.25, -0.2) is 9.78 Å². The molecule has 7 heteroatoms. The van der Waals surface area contributed by atoms with E-state index in [4.69, 9.17) is 5.11 Å². The van der Waals surface area contributed by atoms with Crippen LogP contribution in [0, 0.1) is 6.92 Å². The van der Waals surface area contributed by atoms with Crippen molar-refractivity contribution in [3.05, 3.63) is 59.3 Å². The summed E-state index contributed by atoms with van der Waals surface area (Å²) in [5.41, 5.74) is 0.592. The Labute approximate surface area is 130 Å². The van der Waals surface area contributed by atoms with E-state index in [0.29, 0.717) is 5.69 Å². The van der Waals surface area contributed by atoms with E-state index >= 15 is 0 Å². The van der Waals surface area contributed by atoms with Gasteiger partial charge in [0.15, 0.2) is 0 Å². The highest BCUT2D eigenvalue weighted by atomic mass is 19.4. The average Bonchev–Trinajstić information content (AvgIpc) is 2.47. The molecule has 0 atom stereocenters. The second-order valence-electron chi connectivity index (χ2n) is 4.74. The van der Waals surface area contributed by atoms with Crippen LogP contribution in [0.3, 0.4) is 0 Å². The molecule has 2 rings (SSSR count). The topological polar surface area (TPSA) is 62.2 Å². The standard InChI is InChI=1S/C16H13F3N2O2/c1-10-4-2-3-5-12(10)20-15-11(7-9-14(22)23)6-8-13(21-15)16(17,18)19/h2-9H,1H3,(H,20,21)(H,22,23). The highest BCUT2D eigenvalue weighted by molar-refractivity contribution is 5.87. The van der Waals surface area contributed by atoms with Crippen molar-refractivity contribution in [2.45, 2.75) is 13.1 Å². The zero-order chi connectivity index (χ0) is 17.0. The molecule has 0 unspecified atom stereocenters. The summed E-state index contributed by atoms with van der Waals surface area (Å²) in [5.74, 6) is -1.27. The monoisotopic (exact) mass is 322 g/mol. The maximum absolute atomic E-state index is 12.8. The summed E-state index contributed by atoms with van der Waals surface area (Å²) in [6.45, 7) is 1.79. The molecular formula is C16H13F3N2O2. The Kier molecular flexibility index (Phi) is 4.68. The number of carboxylic acid groups (broad SMARTS) is 1. The highest BCUT2D eigenvalue weighted by Crippen LogP contribution is 2.31. The maximum Gasteiger partial charge on any atom is 0.433 e. The number of nitrogens with one attached hydrogen (secondary N) is 1. The molecule has 2 aromatic rings. The van der Waals surface area contributed by atoms with Crippen LogP contribution < -0.4 is 5.32 Å². The molecule has 1 aromatic carbocycles. The molecule has 1 heterocycles. The summed E-state index contributed by atoms with van der Waals surface area (Å²) in [5, 5.41) is 11.5. The third-order valence-electron chi connectivity index (χ3n) is 3.02. The van der Waals surface area contributed by atoms with Gasteiger partial charge in [-0.1, -0.05) is 18.2 Å². The van der Waals surface area contributed by atoms with Crippen LogP contribution in [0.5, 0.6) is 0 Å². The van der Waals surface area contributed by atoms with Gasteiger partial charge in [-0.15, -0.1) is 0 Å². The third kappa shape index (κ3) is 4.32. The van der Waals surface area contributed by atoms with E-state index < -0.39 is 17.8 Å². The van der Waals surface area contributed by atoms with E-state index in [1.54, 1.807) is 31.2 Å². The van der Waals surface area contributed by atoms with Gasteiger partial charge in [-0.05, 0) is 36.8 Å². The predicted molar refractivity (Wildman–Crippen MR) is 80.4 cm³/mol. The minimum atomic E-state index is -4.59. The van der Waals surface area contributed by atoms with Crippen molar-refractivity contribution in [1.82, 2.24) is 4.98 Å². The number of nitrogens with zero attached hydrogens (tertiary/aromatic N) is 1. The Morgan fingerprint density at radius 1 is 1.22 bits per heavy atom. The number of anilines is 2. The Morgan fingerprint density at radius 3 is 2.52 bits per heavy atom. The number of carbonyl (C=O) groups is 1. The predicted octanol–water partition coefficient (Wildman–Crippen LogP) is 4.25. The van der Waals surface area contributed by atoms with Gasteiger partial charge in [-0.3, -0.25) is 0 Å². The van der Waals surface area contributed by atoms with Gasteiger partial charge < -0.3 is 10.4 Å². The number of pyridine rings is 1. The van der Waals surface area contributed by atoms with Gasteiger partial charge in [0.25, 0.3) is 0 Å². The second kappa shape index (κ2) is 6.51. The van der Waals surface area contributed by atoms with Crippen LogP contribution in [0.2, 0.25) is 0 Å². The van der Waals surface area contributed by atoms with Gasteiger partial charge in [0.2, 0.25) is 0 Å². The average molecular weight is 322 g/mol. The molecule has 4 nitrogen and oxygen atoms in total. The number of halogens is 3. The van der Waals surface area contributed by atoms with Crippen LogP contribution in [-0.2, 0) is 11.0 Å². The molecule has 0 aliphatic carbocycles. The molecule has 0 saturated heterocycles. The van der Waals surface area contributed by atoms with Crippen molar-refractivity contribution in [3.8, 4) is 0 Å². The van der Waals surface area contributed by atoms with Crippen LogP contribution >= 0.6 is 0 Å². The van der Waals surface area contributed by atoms with Gasteiger partial charge in [0, 0.05) is 17.3 Å². The van der Waals surface area contributed by atoms with E-state index in [2.05, 4.69) is 10.3 Å². The number of aromatic nitrogens is 1. The van der Waals surface area contributed by atoms with Crippen molar-refractivity contribution >= 4 is 23.6 Å². The fourth-order valence-corrected chi connectivity index (χ4v) is 1.86. The summed E-state index contributed by atoms with van der Waals surface area (Å²) in [7, 11) is 0. The molecule has 23 heavy (non-hydrogen) atoms. The molecular weight excluding hydrogens is 309 g/mol. The lowest BCUT2D eigenvalue weighted by molar-refractivity contribution is -0.141. The van der Waals surface area contributed by atoms with Crippen LogP contribution in [0.1, 0.15) is 16.8 Å². The largest absolute Gasteiger partial charge is 0.478 e. The van der Waals surface area contributed by atoms with Gasteiger partial charge in [-0.2, -0.15) is 13.2 Å². The van der Waals surface area contributed by atoms with Crippen LogP contribution in [0.15, 0.2) is 42.5 Å². The number of hydrogen-bond donors (Lipinski definition) is 2. The lowest BCUT2D eigenvalue weighted by Gasteiger charge is -2.14. The number of alkyl halides is 3. The van der Waals surface area contributed by atoms with Crippen molar-refractivity contribution in [1.29, 1.82) is 0 Å². The third-order valence-corrected chi connectivity index (χ3v) is 3.02. The first-order valence-corrected chi connectivity index (χ1v) is 6.59. The van der Waals surface area contributed by atoms with Crippen molar-refractivity contribution in [2.24, 2.45) is 0 Å². The molecule has 0 radical (unpaired) electrons. The molecule has 0 fully saturated rings. The highest BCUT2D eigenvalue weighted by Gasteiger charge is 2.33. The normalized spacial score (nSPS) is 11.7. The van der Waals surface area contributed by atoms with E-state index in [0.717, 1.165) is 17.7 Å². The molecule has 120 valence electrons. The maximum atomic E-state index is 12.8. The first-order chi connectivity index (χ1) is 10.8. The SMILES string of the molecule is Cc1ccccc1Nc1nc(C(F)(F)F)ccc1C=CC(=O)O. The number of para-hydroxylation sites is 1. The van der Waals surface area contributed by atoms with Crippen molar-refractivity contribution < 1.29 is 23.1 Å². The summed E-state index contributed by atoms with van der Waals surface area (Å²) in [4.78, 5) is 14.2. The number of benzene rings is 1. The molecule has 0 amide bonds. The Bertz CT molecular complexity index is 755. The number of aliphatic carboxylic acids is 1. The van der Waals surface area contributed by atoms with Crippen LogP contribution in [0.25, 0.3) is 6.08 Å². The number of hydrogen-bond acceptors (Lipinski definition) is 3. The number of rotatable bonds is 4. The zero-order valence-electron chi connectivity index (χ0n) is 12.1. The molecule has 0 saturated carbocycles. The van der Waals surface area contributed by atoms with Gasteiger partial charge >= 0.3 is 12.1 Å². The van der Waals surface area contributed by atoms with E-state index in [-0.39, 0.29) is 11.4 Å². The quantitative estimate of drug-likeness (QED) is 0.826. The summed E-state index contributed by atoms with van der Waals surface area (Å²) in [6, 6.07) is 9.01. The smallest absolute Gasteiger partial charge is 0.433 e. The first kappa shape index (κ1) is 16.5. The molecule has 0 bridgehead atoms. The fraction of sp³-hybridized carbons (Fsp3) is 0.125. The van der Waals surface area contributed by atoms with E-state index in [9.17, 15) is 18.0 Å². The Morgan fingerprint density at radius 2 is 1.91 bits per heavy atom. The van der Waals surface area contributed by atoms with Crippen LogP contribution in [-0.4, -0.2) is 16.1 Å². The lowest BCUT2D eigenvalue weighted by Crippen LogP contribution is -2.10. The molecule has 0 spiro atoms. The van der Waals surface area contributed by atoms with Crippen LogP contribution in [0.4, 0.5) is 24.7 Å². The van der Waals surface area contributed by atoms with Crippen molar-refractivity contribution in [3.63, 3.8) is 0 Å². The summed E-state index contributed by atoms with van der Waals surface area (Å²) < 4.78 is 38.5. The minimum absolute atomic E-state index is 0.0633. The number of carboxylic acids is 1. The fourth-order valence-electron chi connectivity index (χ4n) is 1.86. The van der Waals surface area contributed by atoms with Crippen molar-refractivity contribution in [2.75, 3.05) is 5.32 Å². The molecule has 1 aromatic heterocycles. The van der Waals surface area contributed by atoms with Gasteiger partial charge in [0.05, 0.1) is 0 Å². The van der Waals surface area contributed by atoms with E-state index in [1.165, 1.54) is 12.1 Å². The summed E-state index contributed by atoms with van der Waals surface area (Å²) in [6.07, 6.45) is -2.55. The van der Waals surface area contributed by atoms with Gasteiger partial charge in [0.1, 0.15) is 11.5 Å². The zero-order valence-corrected chi connectivity index (χ0v) is 12.1. The first-order valence-electron chi connectivity index (χ1n) is 6.59. The second-order valence-corrected chi connectivity index (χ2v) is 4.74. The Balaban J connectivity index is 2.48. The molecule has 0 aliphatic heterocycles. The van der Waals surface area contributed by atoms with E-state index in [1.807, 2.05) is 0 Å². The lowest BCUT2D eigenvalue weighted by atomic mass is 10.1.